The molecule has 3 saturated heterocycles. The monoisotopic (exact) mass is 343 g/mol. The summed E-state index contributed by atoms with van der Waals surface area (Å²) in [6.45, 7) is 7.58. The van der Waals surface area contributed by atoms with E-state index in [0.29, 0.717) is 24.9 Å². The summed E-state index contributed by atoms with van der Waals surface area (Å²) >= 11 is 0. The van der Waals surface area contributed by atoms with E-state index in [-0.39, 0.29) is 11.4 Å². The Balaban J connectivity index is 1.38. The molecule has 1 saturated carbocycles. The lowest BCUT2D eigenvalue weighted by molar-refractivity contribution is 0.0360. The predicted octanol–water partition coefficient (Wildman–Crippen LogP) is 0.0629. The Morgan fingerprint density at radius 1 is 1.04 bits per heavy atom. The zero-order valence-corrected chi connectivity index (χ0v) is 14.9. The highest BCUT2D eigenvalue weighted by Crippen LogP contribution is 2.39. The van der Waals surface area contributed by atoms with Crippen LogP contribution in [0.25, 0.3) is 0 Å². The lowest BCUT2D eigenvalue weighted by Gasteiger charge is -2.38. The maximum atomic E-state index is 12.5. The standard InChI is InChI=1S/C16H29N3O3S/c1-17-6-8-18(9-7-17)11-16-15-10-19(5-4-13(15)12-22-16)23(20,21)14-2-3-14/h13-16H,2-12H2,1H3/t13-,15-,16+/m1/s1. The van der Waals surface area contributed by atoms with Crippen LogP contribution in [0.1, 0.15) is 19.3 Å². The Hall–Kier alpha value is -0.210. The molecule has 4 fully saturated rings. The molecular weight excluding hydrogens is 314 g/mol. The van der Waals surface area contributed by atoms with Crippen LogP contribution < -0.4 is 0 Å². The average molecular weight is 343 g/mol. The summed E-state index contributed by atoms with van der Waals surface area (Å²) in [6.07, 6.45) is 2.89. The highest BCUT2D eigenvalue weighted by Gasteiger charge is 2.47. The summed E-state index contributed by atoms with van der Waals surface area (Å²) < 4.78 is 32.9. The minimum Gasteiger partial charge on any atom is -0.376 e. The number of nitrogens with zero attached hydrogens (tertiary/aromatic N) is 3. The van der Waals surface area contributed by atoms with E-state index in [0.717, 1.165) is 58.6 Å². The maximum Gasteiger partial charge on any atom is 0.216 e. The molecule has 3 atom stereocenters. The highest BCUT2D eigenvalue weighted by atomic mass is 32.2. The van der Waals surface area contributed by atoms with Gasteiger partial charge in [-0.1, -0.05) is 0 Å². The molecule has 4 aliphatic rings. The molecule has 0 aromatic rings. The molecular formula is C16H29N3O3S. The number of piperazine rings is 1. The normalized spacial score (nSPS) is 37.9. The zero-order chi connectivity index (χ0) is 16.0. The van der Waals surface area contributed by atoms with E-state index < -0.39 is 10.0 Å². The van der Waals surface area contributed by atoms with E-state index in [1.165, 1.54) is 0 Å². The van der Waals surface area contributed by atoms with Crippen LogP contribution in [-0.2, 0) is 14.8 Å². The molecule has 0 bridgehead atoms. The van der Waals surface area contributed by atoms with Gasteiger partial charge in [-0.15, -0.1) is 0 Å². The van der Waals surface area contributed by atoms with Gasteiger partial charge < -0.3 is 9.64 Å². The number of hydrogen-bond donors (Lipinski definition) is 0. The van der Waals surface area contributed by atoms with Gasteiger partial charge in [0, 0.05) is 51.7 Å². The van der Waals surface area contributed by atoms with Crippen molar-refractivity contribution in [3.8, 4) is 0 Å². The van der Waals surface area contributed by atoms with Crippen LogP contribution in [0.15, 0.2) is 0 Å². The van der Waals surface area contributed by atoms with Crippen molar-refractivity contribution in [3.63, 3.8) is 0 Å². The van der Waals surface area contributed by atoms with Crippen molar-refractivity contribution in [2.45, 2.75) is 30.6 Å². The maximum absolute atomic E-state index is 12.5. The van der Waals surface area contributed by atoms with Crippen molar-refractivity contribution < 1.29 is 13.2 Å². The fourth-order valence-corrected chi connectivity index (χ4v) is 6.17. The third-order valence-corrected chi connectivity index (χ3v) is 8.48. The minimum atomic E-state index is -3.03. The SMILES string of the molecule is CN1CCN(C[C@@H]2OC[C@H]3CCN(S(=O)(=O)C4CC4)C[C@H]32)CC1. The molecule has 23 heavy (non-hydrogen) atoms. The van der Waals surface area contributed by atoms with Gasteiger partial charge in [0.25, 0.3) is 0 Å². The van der Waals surface area contributed by atoms with Gasteiger partial charge in [0.2, 0.25) is 10.0 Å². The minimum absolute atomic E-state index is 0.0857. The number of rotatable bonds is 4. The van der Waals surface area contributed by atoms with Gasteiger partial charge in [-0.2, -0.15) is 0 Å². The summed E-state index contributed by atoms with van der Waals surface area (Å²) in [5, 5.41) is -0.0857. The average Bonchev–Trinajstić information content (AvgIpc) is 3.33. The van der Waals surface area contributed by atoms with Gasteiger partial charge in [0.15, 0.2) is 0 Å². The highest BCUT2D eigenvalue weighted by molar-refractivity contribution is 7.90. The Kier molecular flexibility index (Phi) is 4.43. The second-order valence-corrected chi connectivity index (χ2v) is 10.0. The molecule has 4 rings (SSSR count). The molecule has 0 aromatic carbocycles. The Morgan fingerprint density at radius 3 is 2.48 bits per heavy atom. The molecule has 6 nitrogen and oxygen atoms in total. The van der Waals surface area contributed by atoms with E-state index >= 15 is 0 Å². The van der Waals surface area contributed by atoms with Gasteiger partial charge in [-0.05, 0) is 32.2 Å². The van der Waals surface area contributed by atoms with Crippen LogP contribution in [0.3, 0.4) is 0 Å². The van der Waals surface area contributed by atoms with Crippen molar-refractivity contribution in [2.24, 2.45) is 11.8 Å². The first-order valence-electron chi connectivity index (χ1n) is 9.05. The first-order chi connectivity index (χ1) is 11.0. The second-order valence-electron chi connectivity index (χ2n) is 7.79. The Bertz CT molecular complexity index is 529. The molecule has 1 aliphatic carbocycles. The zero-order valence-electron chi connectivity index (χ0n) is 14.1. The lowest BCUT2D eigenvalue weighted by atomic mass is 9.85. The Morgan fingerprint density at radius 2 is 1.78 bits per heavy atom. The smallest absolute Gasteiger partial charge is 0.216 e. The molecule has 0 aromatic heterocycles. The first kappa shape index (κ1) is 16.3. The number of hydrogen-bond acceptors (Lipinski definition) is 5. The van der Waals surface area contributed by atoms with E-state index in [2.05, 4.69) is 16.8 Å². The molecule has 0 amide bonds. The van der Waals surface area contributed by atoms with Crippen LogP contribution in [0.5, 0.6) is 0 Å². The summed E-state index contributed by atoms with van der Waals surface area (Å²) in [7, 11) is -0.866. The quantitative estimate of drug-likeness (QED) is 0.723. The molecule has 0 unspecified atom stereocenters. The van der Waals surface area contributed by atoms with Crippen molar-refractivity contribution in [3.05, 3.63) is 0 Å². The van der Waals surface area contributed by atoms with Gasteiger partial charge in [-0.3, -0.25) is 4.90 Å². The van der Waals surface area contributed by atoms with Gasteiger partial charge in [0.05, 0.1) is 18.0 Å². The largest absolute Gasteiger partial charge is 0.376 e. The molecule has 0 spiro atoms. The molecule has 7 heteroatoms. The predicted molar refractivity (Wildman–Crippen MR) is 88.8 cm³/mol. The number of ether oxygens (including phenoxy) is 1. The van der Waals surface area contributed by atoms with Gasteiger partial charge >= 0.3 is 0 Å². The summed E-state index contributed by atoms with van der Waals surface area (Å²) in [4.78, 5) is 4.85. The number of fused-ring (bicyclic) bond motifs is 1. The first-order valence-corrected chi connectivity index (χ1v) is 10.6. The van der Waals surface area contributed by atoms with Crippen LogP contribution in [0.4, 0.5) is 0 Å². The lowest BCUT2D eigenvalue weighted by Crippen LogP contribution is -2.51. The van der Waals surface area contributed by atoms with Crippen LogP contribution in [-0.4, -0.2) is 93.3 Å². The van der Waals surface area contributed by atoms with E-state index in [1.54, 1.807) is 4.31 Å². The van der Waals surface area contributed by atoms with Crippen LogP contribution in [0.2, 0.25) is 0 Å². The number of piperidine rings is 1. The van der Waals surface area contributed by atoms with Crippen molar-refractivity contribution >= 4 is 10.0 Å². The second kappa shape index (κ2) is 6.26. The van der Waals surface area contributed by atoms with Crippen LogP contribution in [0, 0.1) is 11.8 Å². The molecule has 0 N–H and O–H groups in total. The summed E-state index contributed by atoms with van der Waals surface area (Å²) in [6, 6.07) is 0. The number of likely N-dealkylation sites (N-methyl/N-ethyl adjacent to an activating group) is 1. The van der Waals surface area contributed by atoms with Crippen molar-refractivity contribution in [2.75, 3.05) is 59.5 Å². The third-order valence-electron chi connectivity index (χ3n) is 6.11. The fourth-order valence-electron chi connectivity index (χ4n) is 4.28. The van der Waals surface area contributed by atoms with Crippen LogP contribution >= 0.6 is 0 Å². The summed E-state index contributed by atoms with van der Waals surface area (Å²) in [5.41, 5.74) is 0. The number of sulfonamides is 1. The Labute approximate surface area is 139 Å². The van der Waals surface area contributed by atoms with E-state index in [9.17, 15) is 8.42 Å². The summed E-state index contributed by atoms with van der Waals surface area (Å²) in [5.74, 6) is 0.940. The van der Waals surface area contributed by atoms with E-state index in [1.807, 2.05) is 0 Å². The van der Waals surface area contributed by atoms with Gasteiger partial charge in [-0.25, -0.2) is 12.7 Å². The topological polar surface area (TPSA) is 53.1 Å². The van der Waals surface area contributed by atoms with Crippen molar-refractivity contribution in [1.29, 1.82) is 0 Å². The van der Waals surface area contributed by atoms with E-state index in [4.69, 9.17) is 4.74 Å². The van der Waals surface area contributed by atoms with Gasteiger partial charge in [0.1, 0.15) is 0 Å². The third kappa shape index (κ3) is 3.31. The fraction of sp³-hybridized carbons (Fsp3) is 1.00. The van der Waals surface area contributed by atoms with Crippen molar-refractivity contribution in [1.82, 2.24) is 14.1 Å². The molecule has 0 radical (unpaired) electrons. The molecule has 3 aliphatic heterocycles. The molecule has 3 heterocycles. The molecule has 132 valence electrons.